The van der Waals surface area contributed by atoms with Crippen LogP contribution in [-0.4, -0.2) is 27.0 Å². The summed E-state index contributed by atoms with van der Waals surface area (Å²) in [7, 11) is 0. The van der Waals surface area contributed by atoms with Gasteiger partial charge in [-0.15, -0.1) is 0 Å². The van der Waals surface area contributed by atoms with Crippen molar-refractivity contribution in [3.8, 4) is 11.4 Å². The molecular weight excluding hydrogens is 366 g/mol. The highest BCUT2D eigenvalue weighted by Crippen LogP contribution is 2.38. The van der Waals surface area contributed by atoms with Gasteiger partial charge in [0.05, 0.1) is 0 Å². The van der Waals surface area contributed by atoms with Crippen molar-refractivity contribution in [1.29, 1.82) is 0 Å². The van der Waals surface area contributed by atoms with E-state index in [0.717, 1.165) is 24.2 Å². The van der Waals surface area contributed by atoms with E-state index in [2.05, 4.69) is 25.8 Å². The molecule has 7 nitrogen and oxygen atoms in total. The molecule has 0 bridgehead atoms. The Labute approximate surface area is 168 Å². The molecule has 3 N–H and O–H groups in total. The highest BCUT2D eigenvalue weighted by Gasteiger charge is 2.27. The molecule has 7 heteroatoms. The first-order chi connectivity index (χ1) is 14.0. The lowest BCUT2D eigenvalue weighted by molar-refractivity contribution is -0.118. The van der Waals surface area contributed by atoms with Crippen LogP contribution in [0.4, 0.5) is 11.4 Å². The Morgan fingerprint density at radius 1 is 1.03 bits per heavy atom. The lowest BCUT2D eigenvalue weighted by Gasteiger charge is -2.09. The fourth-order valence-electron chi connectivity index (χ4n) is 2.87. The second-order valence-corrected chi connectivity index (χ2v) is 7.57. The molecule has 0 atom stereocenters. The van der Waals surface area contributed by atoms with Crippen molar-refractivity contribution in [2.45, 2.75) is 32.6 Å². The minimum Gasteiger partial charge on any atom is -0.326 e. The Hall–Kier alpha value is -3.48. The number of nitrogens with zero attached hydrogens (tertiary/aromatic N) is 2. The molecule has 0 radical (unpaired) electrons. The number of hydrogen-bond donors (Lipinski definition) is 3. The predicted octanol–water partition coefficient (Wildman–Crippen LogP) is 4.20. The van der Waals surface area contributed by atoms with Crippen molar-refractivity contribution in [2.75, 3.05) is 10.6 Å². The standard InChI is InChI=1S/C22H23N5O2/c1-13(2)21(28)23-17-10-8-15(9-11-17)22(29)24-18-5-3-4-16(12-18)20-25-19(26-27-20)14-6-7-14/h3-5,8-14H,6-7H2,1-2H3,(H,23,28)(H,24,29)(H,25,26,27). The van der Waals surface area contributed by atoms with E-state index in [1.807, 2.05) is 38.1 Å². The number of aromatic nitrogens is 3. The summed E-state index contributed by atoms with van der Waals surface area (Å²) in [5.74, 6) is 1.68. The summed E-state index contributed by atoms with van der Waals surface area (Å²) in [5, 5.41) is 13.0. The van der Waals surface area contributed by atoms with Crippen LogP contribution in [0.3, 0.4) is 0 Å². The molecule has 1 aliphatic rings. The summed E-state index contributed by atoms with van der Waals surface area (Å²) in [6.45, 7) is 3.66. The van der Waals surface area contributed by atoms with Crippen LogP contribution in [0, 0.1) is 5.92 Å². The van der Waals surface area contributed by atoms with E-state index < -0.39 is 0 Å². The highest BCUT2D eigenvalue weighted by molar-refractivity contribution is 6.05. The average Bonchev–Trinajstić information content (AvgIpc) is 3.45. The highest BCUT2D eigenvalue weighted by atomic mass is 16.2. The van der Waals surface area contributed by atoms with Gasteiger partial charge in [-0.3, -0.25) is 14.7 Å². The molecule has 1 aliphatic carbocycles. The number of benzene rings is 2. The molecule has 0 unspecified atom stereocenters. The number of H-pyrrole nitrogens is 1. The van der Waals surface area contributed by atoms with Crippen molar-refractivity contribution >= 4 is 23.2 Å². The van der Waals surface area contributed by atoms with Gasteiger partial charge in [0.1, 0.15) is 5.82 Å². The first-order valence-electron chi connectivity index (χ1n) is 9.74. The van der Waals surface area contributed by atoms with E-state index in [9.17, 15) is 9.59 Å². The third-order valence-corrected chi connectivity index (χ3v) is 4.78. The fraction of sp³-hybridized carbons (Fsp3) is 0.273. The van der Waals surface area contributed by atoms with E-state index in [-0.39, 0.29) is 17.7 Å². The Kier molecular flexibility index (Phi) is 5.12. The van der Waals surface area contributed by atoms with E-state index >= 15 is 0 Å². The molecule has 1 aromatic heterocycles. The van der Waals surface area contributed by atoms with Gasteiger partial charge in [-0.05, 0) is 49.2 Å². The quantitative estimate of drug-likeness (QED) is 0.588. The van der Waals surface area contributed by atoms with Crippen molar-refractivity contribution in [1.82, 2.24) is 15.2 Å². The van der Waals surface area contributed by atoms with Crippen LogP contribution in [0.2, 0.25) is 0 Å². The molecule has 29 heavy (non-hydrogen) atoms. The summed E-state index contributed by atoms with van der Waals surface area (Å²) in [5.41, 5.74) is 2.69. The molecule has 148 valence electrons. The number of nitrogens with one attached hydrogen (secondary N) is 3. The molecule has 0 saturated heterocycles. The number of carbonyl (C=O) groups is 2. The second kappa shape index (κ2) is 7.87. The van der Waals surface area contributed by atoms with Crippen LogP contribution >= 0.6 is 0 Å². The van der Waals surface area contributed by atoms with Gasteiger partial charge in [0.2, 0.25) is 5.91 Å². The summed E-state index contributed by atoms with van der Waals surface area (Å²) in [6.07, 6.45) is 2.31. The molecule has 0 aliphatic heterocycles. The molecule has 1 saturated carbocycles. The van der Waals surface area contributed by atoms with Crippen molar-refractivity contribution in [3.63, 3.8) is 0 Å². The van der Waals surface area contributed by atoms with Crippen LogP contribution in [0.1, 0.15) is 48.8 Å². The molecule has 0 spiro atoms. The molecule has 4 rings (SSSR count). The van der Waals surface area contributed by atoms with Gasteiger partial charge in [-0.25, -0.2) is 4.98 Å². The summed E-state index contributed by atoms with van der Waals surface area (Å²) < 4.78 is 0. The lowest BCUT2D eigenvalue weighted by atomic mass is 10.1. The van der Waals surface area contributed by atoms with Gasteiger partial charge in [0.15, 0.2) is 5.82 Å². The Balaban J connectivity index is 1.43. The van der Waals surface area contributed by atoms with Gasteiger partial charge in [0.25, 0.3) is 5.91 Å². The number of rotatable bonds is 6. The number of carbonyl (C=O) groups excluding carboxylic acids is 2. The zero-order chi connectivity index (χ0) is 20.4. The third-order valence-electron chi connectivity index (χ3n) is 4.78. The number of amides is 2. The van der Waals surface area contributed by atoms with Crippen LogP contribution in [-0.2, 0) is 4.79 Å². The SMILES string of the molecule is CC(C)C(=O)Nc1ccc(C(=O)Nc2cccc(-c3n[nH]c(C4CC4)n3)c2)cc1. The minimum atomic E-state index is -0.224. The zero-order valence-electron chi connectivity index (χ0n) is 16.4. The Morgan fingerprint density at radius 2 is 1.79 bits per heavy atom. The molecular formula is C22H23N5O2. The maximum absolute atomic E-state index is 12.6. The fourth-order valence-corrected chi connectivity index (χ4v) is 2.87. The summed E-state index contributed by atoms with van der Waals surface area (Å²) in [6, 6.07) is 14.3. The smallest absolute Gasteiger partial charge is 0.255 e. The number of aromatic amines is 1. The minimum absolute atomic E-state index is 0.0594. The van der Waals surface area contributed by atoms with E-state index in [1.54, 1.807) is 24.3 Å². The number of anilines is 2. The first kappa shape index (κ1) is 18.9. The lowest BCUT2D eigenvalue weighted by Crippen LogP contribution is -2.18. The van der Waals surface area contributed by atoms with Crippen LogP contribution in [0.5, 0.6) is 0 Å². The number of hydrogen-bond acceptors (Lipinski definition) is 4. The van der Waals surface area contributed by atoms with Gasteiger partial charge in [-0.2, -0.15) is 5.10 Å². The van der Waals surface area contributed by atoms with E-state index in [1.165, 1.54) is 0 Å². The second-order valence-electron chi connectivity index (χ2n) is 7.57. The van der Waals surface area contributed by atoms with Crippen molar-refractivity contribution in [3.05, 3.63) is 59.9 Å². The molecule has 1 fully saturated rings. The largest absolute Gasteiger partial charge is 0.326 e. The maximum Gasteiger partial charge on any atom is 0.255 e. The molecule has 2 amide bonds. The Morgan fingerprint density at radius 3 is 2.48 bits per heavy atom. The van der Waals surface area contributed by atoms with Crippen LogP contribution in [0.25, 0.3) is 11.4 Å². The molecule has 3 aromatic rings. The first-order valence-corrected chi connectivity index (χ1v) is 9.74. The summed E-state index contributed by atoms with van der Waals surface area (Å²) in [4.78, 5) is 28.9. The zero-order valence-corrected chi connectivity index (χ0v) is 16.4. The van der Waals surface area contributed by atoms with Crippen LogP contribution in [0.15, 0.2) is 48.5 Å². The van der Waals surface area contributed by atoms with Gasteiger partial charge < -0.3 is 10.6 Å². The van der Waals surface area contributed by atoms with Gasteiger partial charge >= 0.3 is 0 Å². The van der Waals surface area contributed by atoms with Crippen LogP contribution < -0.4 is 10.6 Å². The third kappa shape index (κ3) is 4.51. The monoisotopic (exact) mass is 389 g/mol. The van der Waals surface area contributed by atoms with Gasteiger partial charge in [-0.1, -0.05) is 26.0 Å². The van der Waals surface area contributed by atoms with E-state index in [4.69, 9.17) is 0 Å². The molecule has 2 aromatic carbocycles. The summed E-state index contributed by atoms with van der Waals surface area (Å²) >= 11 is 0. The van der Waals surface area contributed by atoms with E-state index in [0.29, 0.717) is 28.7 Å². The van der Waals surface area contributed by atoms with Crippen molar-refractivity contribution in [2.24, 2.45) is 5.92 Å². The predicted molar refractivity (Wildman–Crippen MR) is 112 cm³/mol. The normalized spacial score (nSPS) is 13.3. The van der Waals surface area contributed by atoms with Crippen molar-refractivity contribution < 1.29 is 9.59 Å². The molecule has 1 heterocycles. The average molecular weight is 389 g/mol. The maximum atomic E-state index is 12.6. The Bertz CT molecular complexity index is 1040. The van der Waals surface area contributed by atoms with Gasteiger partial charge in [0, 0.05) is 34.3 Å². The topological polar surface area (TPSA) is 99.8 Å².